The van der Waals surface area contributed by atoms with Crippen molar-refractivity contribution < 1.29 is 19.0 Å². The van der Waals surface area contributed by atoms with Gasteiger partial charge in [0.2, 0.25) is 0 Å². The lowest BCUT2D eigenvalue weighted by molar-refractivity contribution is -0.184. The predicted octanol–water partition coefficient (Wildman–Crippen LogP) is 3.70. The van der Waals surface area contributed by atoms with Crippen molar-refractivity contribution in [3.05, 3.63) is 29.8 Å². The van der Waals surface area contributed by atoms with E-state index >= 15 is 0 Å². The first kappa shape index (κ1) is 21.2. The number of piperidine rings is 1. The van der Waals surface area contributed by atoms with Crippen molar-refractivity contribution in [2.75, 3.05) is 46.0 Å². The highest BCUT2D eigenvalue weighted by Crippen LogP contribution is 2.38. The van der Waals surface area contributed by atoms with Gasteiger partial charge in [0.1, 0.15) is 5.75 Å². The van der Waals surface area contributed by atoms with Gasteiger partial charge in [-0.2, -0.15) is 0 Å². The van der Waals surface area contributed by atoms with E-state index in [4.69, 9.17) is 14.2 Å². The molecule has 4 fully saturated rings. The van der Waals surface area contributed by atoms with Crippen LogP contribution < -0.4 is 4.74 Å². The molecule has 170 valence electrons. The number of carbonyl (C=O) groups excluding carboxylic acids is 1. The predicted molar refractivity (Wildman–Crippen MR) is 118 cm³/mol. The zero-order chi connectivity index (χ0) is 21.1. The Kier molecular flexibility index (Phi) is 6.49. The maximum absolute atomic E-state index is 12.9. The van der Waals surface area contributed by atoms with Gasteiger partial charge in [0, 0.05) is 44.4 Å². The number of ether oxygens (including phenoxy) is 3. The third-order valence-corrected chi connectivity index (χ3v) is 7.58. The van der Waals surface area contributed by atoms with Crippen LogP contribution in [0.15, 0.2) is 24.3 Å². The second-order valence-corrected chi connectivity index (χ2v) is 9.65. The lowest BCUT2D eigenvalue weighted by atomic mass is 9.87. The molecule has 1 aliphatic carbocycles. The van der Waals surface area contributed by atoms with E-state index in [1.807, 2.05) is 29.2 Å². The van der Waals surface area contributed by atoms with Crippen molar-refractivity contribution in [3.63, 3.8) is 0 Å². The summed E-state index contributed by atoms with van der Waals surface area (Å²) in [5, 5.41) is 0. The smallest absolute Gasteiger partial charge is 0.257 e. The Hall–Kier alpha value is -1.63. The fourth-order valence-corrected chi connectivity index (χ4v) is 5.83. The molecule has 1 atom stereocenters. The molecule has 1 spiro atoms. The van der Waals surface area contributed by atoms with Crippen molar-refractivity contribution in [2.45, 2.75) is 63.2 Å². The van der Waals surface area contributed by atoms with Crippen molar-refractivity contribution in [1.82, 2.24) is 9.80 Å². The number of para-hydroxylation sites is 1. The van der Waals surface area contributed by atoms with Crippen molar-refractivity contribution in [2.24, 2.45) is 5.92 Å². The third-order valence-electron chi connectivity index (χ3n) is 7.58. The van der Waals surface area contributed by atoms with Gasteiger partial charge in [-0.15, -0.1) is 0 Å². The lowest BCUT2D eigenvalue weighted by Crippen LogP contribution is -2.48. The normalized spacial score (nSPS) is 27.1. The standard InChI is InChI=1S/C25H36N2O4/c28-24(26-13-3-4-14-26)22-7-1-2-8-23(22)29-19-20-6-5-15-27(18-20)21-9-11-25(12-10-21)30-16-17-31-25/h1-2,7-8,20-21H,3-6,9-19H2. The van der Waals surface area contributed by atoms with Crippen molar-refractivity contribution in [3.8, 4) is 5.75 Å². The Morgan fingerprint density at radius 3 is 2.52 bits per heavy atom. The van der Waals surface area contributed by atoms with Gasteiger partial charge in [0.25, 0.3) is 5.91 Å². The Morgan fingerprint density at radius 2 is 1.74 bits per heavy atom. The number of hydrogen-bond acceptors (Lipinski definition) is 5. The molecule has 0 aromatic heterocycles. The quantitative estimate of drug-likeness (QED) is 0.716. The molecule has 6 heteroatoms. The maximum atomic E-state index is 12.9. The van der Waals surface area contributed by atoms with E-state index in [9.17, 15) is 4.79 Å². The zero-order valence-corrected chi connectivity index (χ0v) is 18.6. The molecule has 1 amide bonds. The molecule has 3 saturated heterocycles. The molecule has 1 unspecified atom stereocenters. The van der Waals surface area contributed by atoms with Crippen LogP contribution in [0.4, 0.5) is 0 Å². The molecule has 3 aliphatic heterocycles. The second kappa shape index (κ2) is 9.47. The van der Waals surface area contributed by atoms with Crippen LogP contribution in [0.1, 0.15) is 61.7 Å². The number of likely N-dealkylation sites (tertiary alicyclic amines) is 2. The topological polar surface area (TPSA) is 51.2 Å². The molecule has 4 aliphatic rings. The van der Waals surface area contributed by atoms with Gasteiger partial charge in [-0.25, -0.2) is 0 Å². The number of amides is 1. The summed E-state index contributed by atoms with van der Waals surface area (Å²) >= 11 is 0. The van der Waals surface area contributed by atoms with Gasteiger partial charge in [-0.3, -0.25) is 9.69 Å². The first-order valence-corrected chi connectivity index (χ1v) is 12.3. The van der Waals surface area contributed by atoms with E-state index < -0.39 is 0 Å². The van der Waals surface area contributed by atoms with Gasteiger partial charge >= 0.3 is 0 Å². The second-order valence-electron chi connectivity index (χ2n) is 9.65. The Balaban J connectivity index is 1.15. The summed E-state index contributed by atoms with van der Waals surface area (Å²) in [4.78, 5) is 17.5. The van der Waals surface area contributed by atoms with Gasteiger partial charge in [0.15, 0.2) is 5.79 Å². The summed E-state index contributed by atoms with van der Waals surface area (Å²) in [5.41, 5.74) is 0.714. The van der Waals surface area contributed by atoms with Crippen LogP contribution in [0.25, 0.3) is 0 Å². The minimum atomic E-state index is -0.277. The summed E-state index contributed by atoms with van der Waals surface area (Å²) < 4.78 is 18.1. The molecule has 0 bridgehead atoms. The minimum absolute atomic E-state index is 0.117. The first-order chi connectivity index (χ1) is 15.2. The lowest BCUT2D eigenvalue weighted by Gasteiger charge is -2.43. The molecule has 31 heavy (non-hydrogen) atoms. The molecule has 1 aromatic rings. The maximum Gasteiger partial charge on any atom is 0.257 e. The molecular formula is C25H36N2O4. The van der Waals surface area contributed by atoms with Crippen LogP contribution in [0.5, 0.6) is 5.75 Å². The van der Waals surface area contributed by atoms with E-state index in [2.05, 4.69) is 4.90 Å². The largest absolute Gasteiger partial charge is 0.492 e. The van der Waals surface area contributed by atoms with Gasteiger partial charge < -0.3 is 19.1 Å². The Morgan fingerprint density at radius 1 is 1.00 bits per heavy atom. The van der Waals surface area contributed by atoms with E-state index in [1.54, 1.807) is 0 Å². The average molecular weight is 429 g/mol. The van der Waals surface area contributed by atoms with Gasteiger partial charge in [-0.1, -0.05) is 12.1 Å². The summed E-state index contributed by atoms with van der Waals surface area (Å²) in [6, 6.07) is 8.39. The van der Waals surface area contributed by atoms with E-state index in [1.165, 1.54) is 19.4 Å². The van der Waals surface area contributed by atoms with Crippen molar-refractivity contribution >= 4 is 5.91 Å². The first-order valence-electron chi connectivity index (χ1n) is 12.3. The van der Waals surface area contributed by atoms with Gasteiger partial charge in [0.05, 0.1) is 25.4 Å². The SMILES string of the molecule is O=C(c1ccccc1OCC1CCCN(C2CCC3(CC2)OCCO3)C1)N1CCCC1. The summed E-state index contributed by atoms with van der Waals surface area (Å²) in [6.07, 6.45) is 8.96. The summed E-state index contributed by atoms with van der Waals surface area (Å²) in [6.45, 7) is 6.17. The molecular weight excluding hydrogens is 392 g/mol. The average Bonchev–Trinajstić information content (AvgIpc) is 3.51. The number of nitrogens with zero attached hydrogens (tertiary/aromatic N) is 2. The highest BCUT2D eigenvalue weighted by atomic mass is 16.7. The van der Waals surface area contributed by atoms with Crippen molar-refractivity contribution in [1.29, 1.82) is 0 Å². The van der Waals surface area contributed by atoms with Crippen LogP contribution in [0, 0.1) is 5.92 Å². The minimum Gasteiger partial charge on any atom is -0.492 e. The number of carbonyl (C=O) groups is 1. The molecule has 0 radical (unpaired) electrons. The van der Waals surface area contributed by atoms with Crippen LogP contribution in [0.3, 0.4) is 0 Å². The Bertz CT molecular complexity index is 748. The van der Waals surface area contributed by atoms with E-state index in [-0.39, 0.29) is 11.7 Å². The molecule has 6 nitrogen and oxygen atoms in total. The third kappa shape index (κ3) is 4.76. The fourth-order valence-electron chi connectivity index (χ4n) is 5.83. The monoisotopic (exact) mass is 428 g/mol. The van der Waals surface area contributed by atoms with Crippen LogP contribution >= 0.6 is 0 Å². The zero-order valence-electron chi connectivity index (χ0n) is 18.6. The highest BCUT2D eigenvalue weighted by Gasteiger charge is 2.42. The summed E-state index contributed by atoms with van der Waals surface area (Å²) in [7, 11) is 0. The Labute approximate surface area is 185 Å². The fraction of sp³-hybridized carbons (Fsp3) is 0.720. The van der Waals surface area contributed by atoms with Crippen LogP contribution in [0.2, 0.25) is 0 Å². The molecule has 0 N–H and O–H groups in total. The summed E-state index contributed by atoms with van der Waals surface area (Å²) in [5.74, 6) is 1.09. The number of rotatable bonds is 5. The van der Waals surface area contributed by atoms with E-state index in [0.717, 1.165) is 77.1 Å². The molecule has 1 aromatic carbocycles. The number of hydrogen-bond donors (Lipinski definition) is 0. The highest BCUT2D eigenvalue weighted by molar-refractivity contribution is 5.97. The van der Waals surface area contributed by atoms with Gasteiger partial charge in [-0.05, 0) is 57.2 Å². The molecule has 3 heterocycles. The van der Waals surface area contributed by atoms with E-state index in [0.29, 0.717) is 24.1 Å². The molecule has 5 rings (SSSR count). The van der Waals surface area contributed by atoms with Crippen LogP contribution in [-0.2, 0) is 9.47 Å². The number of benzene rings is 1. The van der Waals surface area contributed by atoms with Crippen LogP contribution in [-0.4, -0.2) is 73.5 Å². The molecule has 1 saturated carbocycles.